The van der Waals surface area contributed by atoms with Crippen molar-refractivity contribution in [1.29, 1.82) is 0 Å². The van der Waals surface area contributed by atoms with Crippen LogP contribution in [0.2, 0.25) is 0 Å². The van der Waals surface area contributed by atoms with Crippen LogP contribution in [0.15, 0.2) is 48.5 Å². The summed E-state index contributed by atoms with van der Waals surface area (Å²) >= 11 is 0. The summed E-state index contributed by atoms with van der Waals surface area (Å²) in [5, 5.41) is 22.4. The summed E-state index contributed by atoms with van der Waals surface area (Å²) in [5.74, 6) is 0.990. The van der Waals surface area contributed by atoms with Gasteiger partial charge in [-0.25, -0.2) is 0 Å². The maximum absolute atomic E-state index is 10.8. The molecule has 0 heterocycles. The highest BCUT2D eigenvalue weighted by atomic mass is 16.5. The number of nitrogens with two attached hydrogens (primary N) is 1. The smallest absolute Gasteiger partial charge is 0.216 e. The molecule has 0 aromatic heterocycles. The highest BCUT2D eigenvalue weighted by Gasteiger charge is 2.18. The van der Waals surface area contributed by atoms with E-state index in [1.807, 2.05) is 0 Å². The third kappa shape index (κ3) is 4.98. The number of nitrogens with one attached hydrogen (secondary N) is 1. The highest BCUT2D eigenvalue weighted by Crippen LogP contribution is 2.25. The molecule has 0 saturated carbocycles. The first-order valence-electron chi connectivity index (χ1n) is 7.19. The molecule has 0 aliphatic rings. The summed E-state index contributed by atoms with van der Waals surface area (Å²) in [5.41, 5.74) is 6.80. The van der Waals surface area contributed by atoms with Crippen molar-refractivity contribution in [2.24, 2.45) is 0 Å². The van der Waals surface area contributed by atoms with Gasteiger partial charge in [-0.3, -0.25) is 4.79 Å². The molecular weight excluding hydrogens is 296 g/mol. The van der Waals surface area contributed by atoms with Gasteiger partial charge in [-0.15, -0.1) is 0 Å². The van der Waals surface area contributed by atoms with E-state index in [-0.39, 0.29) is 12.5 Å². The van der Waals surface area contributed by atoms with Crippen LogP contribution < -0.4 is 15.8 Å². The van der Waals surface area contributed by atoms with Crippen LogP contribution in [-0.4, -0.2) is 28.8 Å². The van der Waals surface area contributed by atoms with Gasteiger partial charge >= 0.3 is 0 Å². The van der Waals surface area contributed by atoms with E-state index in [4.69, 9.17) is 10.5 Å². The Bertz CT molecular complexity index is 641. The molecule has 0 spiro atoms. The number of carbonyl (C=O) groups is 1. The highest BCUT2D eigenvalue weighted by molar-refractivity contribution is 5.72. The van der Waals surface area contributed by atoms with Gasteiger partial charge in [0.15, 0.2) is 0 Å². The summed E-state index contributed by atoms with van der Waals surface area (Å²) in [6.07, 6.45) is -2.17. The fraction of sp³-hybridized carbons (Fsp3) is 0.235. The summed E-state index contributed by atoms with van der Waals surface area (Å²) in [4.78, 5) is 10.8. The molecule has 6 heteroatoms. The number of benzene rings is 2. The second-order valence-corrected chi connectivity index (χ2v) is 5.19. The fourth-order valence-electron chi connectivity index (χ4n) is 1.99. The van der Waals surface area contributed by atoms with Crippen LogP contribution in [0.3, 0.4) is 0 Å². The number of nitrogen functional groups attached to an aromatic ring is 1. The molecule has 2 aromatic carbocycles. The zero-order valence-electron chi connectivity index (χ0n) is 12.8. The molecule has 0 bridgehead atoms. The van der Waals surface area contributed by atoms with Gasteiger partial charge in [0.25, 0.3) is 0 Å². The van der Waals surface area contributed by atoms with Gasteiger partial charge in [0.05, 0.1) is 0 Å². The van der Waals surface area contributed by atoms with Crippen LogP contribution in [-0.2, 0) is 4.79 Å². The summed E-state index contributed by atoms with van der Waals surface area (Å²) in [7, 11) is 0. The monoisotopic (exact) mass is 316 g/mol. The molecule has 1 amide bonds. The van der Waals surface area contributed by atoms with Crippen molar-refractivity contribution in [2.75, 3.05) is 12.3 Å². The lowest BCUT2D eigenvalue weighted by molar-refractivity contribution is -0.119. The molecule has 122 valence electrons. The van der Waals surface area contributed by atoms with Crippen LogP contribution in [0.25, 0.3) is 0 Å². The Morgan fingerprint density at radius 3 is 2.13 bits per heavy atom. The lowest BCUT2D eigenvalue weighted by Gasteiger charge is -2.18. The van der Waals surface area contributed by atoms with Crippen molar-refractivity contribution in [3.05, 3.63) is 54.1 Å². The number of anilines is 1. The lowest BCUT2D eigenvalue weighted by Crippen LogP contribution is -2.34. The largest absolute Gasteiger partial charge is 0.457 e. The lowest BCUT2D eigenvalue weighted by atomic mass is 10.0. The molecule has 2 rings (SSSR count). The zero-order chi connectivity index (χ0) is 16.8. The quantitative estimate of drug-likeness (QED) is 0.606. The third-order valence-corrected chi connectivity index (χ3v) is 3.26. The molecule has 0 saturated heterocycles. The number of amides is 1. The van der Waals surface area contributed by atoms with E-state index in [0.717, 1.165) is 0 Å². The summed E-state index contributed by atoms with van der Waals surface area (Å²) < 4.78 is 5.65. The molecule has 0 fully saturated rings. The minimum Gasteiger partial charge on any atom is -0.457 e. The maximum atomic E-state index is 10.8. The standard InChI is InChI=1S/C17H20N2O4/c1-11(20)19-10-16(21)17(22)12-2-6-14(7-3-12)23-15-8-4-13(18)5-9-15/h2-9,16-17,21-22H,10,18H2,1H3,(H,19,20). The van der Waals surface area contributed by atoms with Crippen molar-refractivity contribution in [2.45, 2.75) is 19.1 Å². The Balaban J connectivity index is 1.98. The minimum atomic E-state index is -1.09. The Kier molecular flexibility index (Phi) is 5.56. The first kappa shape index (κ1) is 16.8. The molecule has 23 heavy (non-hydrogen) atoms. The SMILES string of the molecule is CC(=O)NCC(O)C(O)c1ccc(Oc2ccc(N)cc2)cc1. The Hall–Kier alpha value is -2.57. The molecule has 2 aromatic rings. The van der Waals surface area contributed by atoms with E-state index < -0.39 is 12.2 Å². The molecule has 2 atom stereocenters. The van der Waals surface area contributed by atoms with Gasteiger partial charge in [0.2, 0.25) is 5.91 Å². The number of hydrogen-bond acceptors (Lipinski definition) is 5. The summed E-state index contributed by atoms with van der Waals surface area (Å²) in [6, 6.07) is 13.7. The maximum Gasteiger partial charge on any atom is 0.216 e. The molecule has 6 nitrogen and oxygen atoms in total. The number of aliphatic hydroxyl groups excluding tert-OH is 2. The molecule has 2 unspecified atom stereocenters. The zero-order valence-corrected chi connectivity index (χ0v) is 12.8. The normalized spacial score (nSPS) is 13.2. The molecule has 0 aliphatic carbocycles. The Morgan fingerprint density at radius 2 is 1.61 bits per heavy atom. The van der Waals surface area contributed by atoms with Gasteiger partial charge in [-0.05, 0) is 42.0 Å². The van der Waals surface area contributed by atoms with Gasteiger partial charge in [-0.1, -0.05) is 12.1 Å². The minimum absolute atomic E-state index is 0.0137. The van der Waals surface area contributed by atoms with Crippen LogP contribution in [0.1, 0.15) is 18.6 Å². The second kappa shape index (κ2) is 7.62. The molecular formula is C17H20N2O4. The number of hydrogen-bond donors (Lipinski definition) is 4. The van der Waals surface area contributed by atoms with Crippen LogP contribution in [0, 0.1) is 0 Å². The van der Waals surface area contributed by atoms with Crippen LogP contribution in [0.5, 0.6) is 11.5 Å². The Morgan fingerprint density at radius 1 is 1.09 bits per heavy atom. The van der Waals surface area contributed by atoms with Crippen LogP contribution >= 0.6 is 0 Å². The third-order valence-electron chi connectivity index (χ3n) is 3.26. The van der Waals surface area contributed by atoms with E-state index >= 15 is 0 Å². The van der Waals surface area contributed by atoms with Crippen molar-refractivity contribution >= 4 is 11.6 Å². The van der Waals surface area contributed by atoms with Crippen molar-refractivity contribution < 1.29 is 19.7 Å². The number of aliphatic hydroxyl groups is 2. The predicted molar refractivity (Wildman–Crippen MR) is 87.0 cm³/mol. The molecule has 5 N–H and O–H groups in total. The number of rotatable bonds is 6. The van der Waals surface area contributed by atoms with Crippen LogP contribution in [0.4, 0.5) is 5.69 Å². The van der Waals surface area contributed by atoms with Crippen molar-refractivity contribution in [3.63, 3.8) is 0 Å². The van der Waals surface area contributed by atoms with Crippen molar-refractivity contribution in [3.8, 4) is 11.5 Å². The van der Waals surface area contributed by atoms with Gasteiger partial charge in [0.1, 0.15) is 23.7 Å². The van der Waals surface area contributed by atoms with Crippen molar-refractivity contribution in [1.82, 2.24) is 5.32 Å². The number of carbonyl (C=O) groups excluding carboxylic acids is 1. The van der Waals surface area contributed by atoms with Gasteiger partial charge < -0.3 is 26.0 Å². The topological polar surface area (TPSA) is 105 Å². The predicted octanol–water partition coefficient (Wildman–Crippen LogP) is 1.59. The van der Waals surface area contributed by atoms with E-state index in [0.29, 0.717) is 22.7 Å². The fourth-order valence-corrected chi connectivity index (χ4v) is 1.99. The van der Waals surface area contributed by atoms with E-state index in [1.54, 1.807) is 48.5 Å². The van der Waals surface area contributed by atoms with Gasteiger partial charge in [-0.2, -0.15) is 0 Å². The molecule has 0 aliphatic heterocycles. The Labute approximate surface area is 134 Å². The number of ether oxygens (including phenoxy) is 1. The van der Waals surface area contributed by atoms with E-state index in [1.165, 1.54) is 6.92 Å². The second-order valence-electron chi connectivity index (χ2n) is 5.19. The average Bonchev–Trinajstić information content (AvgIpc) is 2.55. The van der Waals surface area contributed by atoms with E-state index in [9.17, 15) is 15.0 Å². The van der Waals surface area contributed by atoms with E-state index in [2.05, 4.69) is 5.32 Å². The summed E-state index contributed by atoms with van der Waals surface area (Å²) in [6.45, 7) is 1.34. The first-order valence-corrected chi connectivity index (χ1v) is 7.19. The van der Waals surface area contributed by atoms with Gasteiger partial charge in [0, 0.05) is 19.2 Å². The first-order chi connectivity index (χ1) is 11.0. The average molecular weight is 316 g/mol. The molecule has 0 radical (unpaired) electrons.